The minimum atomic E-state index is -1.01. The van der Waals surface area contributed by atoms with Gasteiger partial charge in [0.1, 0.15) is 0 Å². The summed E-state index contributed by atoms with van der Waals surface area (Å²) < 4.78 is 0. The van der Waals surface area contributed by atoms with Crippen LogP contribution in [0.2, 0.25) is 0 Å². The van der Waals surface area contributed by atoms with Gasteiger partial charge >= 0.3 is 11.9 Å². The molecule has 1 rings (SSSR count). The average molecular weight is 186 g/mol. The molecule has 1 aliphatic carbocycles. The second kappa shape index (κ2) is 2.72. The Morgan fingerprint density at radius 1 is 1.08 bits per heavy atom. The van der Waals surface area contributed by atoms with Gasteiger partial charge in [0.15, 0.2) is 0 Å². The van der Waals surface area contributed by atoms with Crippen molar-refractivity contribution in [3.05, 3.63) is 0 Å². The molecule has 2 N–H and O–H groups in total. The van der Waals surface area contributed by atoms with Crippen molar-refractivity contribution in [2.45, 2.75) is 33.1 Å². The summed E-state index contributed by atoms with van der Waals surface area (Å²) in [5, 5.41) is 17.9. The Balaban J connectivity index is 2.99. The van der Waals surface area contributed by atoms with Crippen LogP contribution < -0.4 is 0 Å². The van der Waals surface area contributed by atoms with Gasteiger partial charge in [-0.25, -0.2) is 0 Å². The van der Waals surface area contributed by atoms with Crippen molar-refractivity contribution >= 4 is 11.9 Å². The highest BCUT2D eigenvalue weighted by Crippen LogP contribution is 2.68. The lowest BCUT2D eigenvalue weighted by molar-refractivity contribution is -0.154. The Bertz CT molecular complexity index is 234. The van der Waals surface area contributed by atoms with E-state index >= 15 is 0 Å². The first-order valence-corrected chi connectivity index (χ1v) is 4.43. The van der Waals surface area contributed by atoms with E-state index in [-0.39, 0.29) is 6.42 Å². The van der Waals surface area contributed by atoms with Gasteiger partial charge < -0.3 is 10.2 Å². The molecule has 0 radical (unpaired) electrons. The van der Waals surface area contributed by atoms with Gasteiger partial charge in [-0.05, 0) is 19.3 Å². The van der Waals surface area contributed by atoms with Crippen molar-refractivity contribution in [3.63, 3.8) is 0 Å². The highest BCUT2D eigenvalue weighted by molar-refractivity contribution is 5.92. The van der Waals surface area contributed by atoms with Gasteiger partial charge in [-0.3, -0.25) is 9.59 Å². The molecule has 74 valence electrons. The molecule has 4 nitrogen and oxygen atoms in total. The van der Waals surface area contributed by atoms with Crippen molar-refractivity contribution in [1.29, 1.82) is 0 Å². The van der Waals surface area contributed by atoms with E-state index in [4.69, 9.17) is 10.2 Å². The van der Waals surface area contributed by atoms with Crippen LogP contribution in [0, 0.1) is 10.8 Å². The number of carboxylic acids is 2. The van der Waals surface area contributed by atoms with Crippen LogP contribution >= 0.6 is 0 Å². The molecule has 1 fully saturated rings. The van der Waals surface area contributed by atoms with Crippen molar-refractivity contribution in [2.75, 3.05) is 0 Å². The molecule has 2 atom stereocenters. The number of hydrogen-bond acceptors (Lipinski definition) is 2. The van der Waals surface area contributed by atoms with E-state index in [9.17, 15) is 9.59 Å². The minimum absolute atomic E-state index is 0.275. The van der Waals surface area contributed by atoms with Crippen LogP contribution in [-0.4, -0.2) is 22.2 Å². The van der Waals surface area contributed by atoms with Crippen LogP contribution in [0.5, 0.6) is 0 Å². The van der Waals surface area contributed by atoms with Crippen molar-refractivity contribution in [1.82, 2.24) is 0 Å². The highest BCUT2D eigenvalue weighted by Gasteiger charge is 2.74. The maximum atomic E-state index is 10.9. The second-order valence-corrected chi connectivity index (χ2v) is 3.66. The van der Waals surface area contributed by atoms with Gasteiger partial charge in [-0.1, -0.05) is 13.8 Å². The molecule has 0 aliphatic heterocycles. The molecule has 4 heteroatoms. The summed E-state index contributed by atoms with van der Waals surface area (Å²) in [7, 11) is 0. The summed E-state index contributed by atoms with van der Waals surface area (Å²) in [5.41, 5.74) is -2.01. The van der Waals surface area contributed by atoms with Gasteiger partial charge in [0.05, 0.1) is 10.8 Å². The van der Waals surface area contributed by atoms with Crippen molar-refractivity contribution in [3.8, 4) is 0 Å². The molecule has 13 heavy (non-hydrogen) atoms. The van der Waals surface area contributed by atoms with Gasteiger partial charge in [-0.15, -0.1) is 0 Å². The van der Waals surface area contributed by atoms with E-state index in [0.29, 0.717) is 12.8 Å². The third-order valence-corrected chi connectivity index (χ3v) is 3.42. The van der Waals surface area contributed by atoms with E-state index in [1.54, 1.807) is 13.8 Å². The Morgan fingerprint density at radius 2 is 1.38 bits per heavy atom. The van der Waals surface area contributed by atoms with Gasteiger partial charge in [0.25, 0.3) is 0 Å². The lowest BCUT2D eigenvalue weighted by atomic mass is 9.88. The van der Waals surface area contributed by atoms with E-state index in [2.05, 4.69) is 0 Å². The molecular weight excluding hydrogens is 172 g/mol. The third-order valence-electron chi connectivity index (χ3n) is 3.42. The fourth-order valence-electron chi connectivity index (χ4n) is 2.26. The predicted octanol–water partition coefficient (Wildman–Crippen LogP) is 1.35. The summed E-state index contributed by atoms with van der Waals surface area (Å²) in [4.78, 5) is 21.9. The molecule has 0 aromatic carbocycles. The van der Waals surface area contributed by atoms with Gasteiger partial charge in [0.2, 0.25) is 0 Å². The molecule has 0 unspecified atom stereocenters. The molecule has 1 aliphatic rings. The first kappa shape index (κ1) is 10.0. The lowest BCUT2D eigenvalue weighted by Gasteiger charge is -2.15. The maximum absolute atomic E-state index is 10.9. The first-order chi connectivity index (χ1) is 5.97. The third kappa shape index (κ3) is 0.975. The molecule has 0 aromatic rings. The van der Waals surface area contributed by atoms with Crippen LogP contribution in [-0.2, 0) is 9.59 Å². The summed E-state index contributed by atoms with van der Waals surface area (Å²) in [6.07, 6.45) is 1.06. The van der Waals surface area contributed by atoms with Crippen molar-refractivity contribution < 1.29 is 19.8 Å². The van der Waals surface area contributed by atoms with E-state index in [1.807, 2.05) is 0 Å². The fourth-order valence-corrected chi connectivity index (χ4v) is 2.26. The molecule has 0 bridgehead atoms. The number of aliphatic carboxylic acids is 2. The minimum Gasteiger partial charge on any atom is -0.481 e. The predicted molar refractivity (Wildman–Crippen MR) is 45.3 cm³/mol. The second-order valence-electron chi connectivity index (χ2n) is 3.66. The van der Waals surface area contributed by atoms with Crippen LogP contribution in [0.3, 0.4) is 0 Å². The number of carbonyl (C=O) groups is 2. The fraction of sp³-hybridized carbons (Fsp3) is 0.778. The lowest BCUT2D eigenvalue weighted by Crippen LogP contribution is -2.28. The summed E-state index contributed by atoms with van der Waals surface area (Å²) in [6, 6.07) is 0. The van der Waals surface area contributed by atoms with E-state index in [1.165, 1.54) is 0 Å². The Hall–Kier alpha value is -1.06. The zero-order valence-electron chi connectivity index (χ0n) is 7.83. The van der Waals surface area contributed by atoms with Gasteiger partial charge in [-0.2, -0.15) is 0 Å². The van der Waals surface area contributed by atoms with E-state index in [0.717, 1.165) is 0 Å². The Morgan fingerprint density at radius 3 is 1.46 bits per heavy atom. The summed E-state index contributed by atoms with van der Waals surface area (Å²) in [5.74, 6) is -1.95. The topological polar surface area (TPSA) is 74.6 Å². The smallest absolute Gasteiger partial charge is 0.310 e. The molecule has 0 spiro atoms. The SMILES string of the molecule is CC[C@]1(C(=O)O)C[C@]1(CC)C(=O)O. The monoisotopic (exact) mass is 186 g/mol. The zero-order chi connectivity index (χ0) is 10.3. The first-order valence-electron chi connectivity index (χ1n) is 4.43. The molecular formula is C9H14O4. The number of carboxylic acid groups (broad SMARTS) is 2. The van der Waals surface area contributed by atoms with Crippen molar-refractivity contribution in [2.24, 2.45) is 10.8 Å². The summed E-state index contributed by atoms with van der Waals surface area (Å²) in [6.45, 7) is 3.46. The number of rotatable bonds is 4. The molecule has 0 heterocycles. The zero-order valence-corrected chi connectivity index (χ0v) is 7.83. The van der Waals surface area contributed by atoms with Crippen LogP contribution in [0.25, 0.3) is 0 Å². The molecule has 0 saturated heterocycles. The normalized spacial score (nSPS) is 37.1. The average Bonchev–Trinajstić information content (AvgIpc) is 2.75. The Labute approximate surface area is 76.6 Å². The quantitative estimate of drug-likeness (QED) is 0.695. The maximum Gasteiger partial charge on any atom is 0.310 e. The van der Waals surface area contributed by atoms with Crippen LogP contribution in [0.15, 0.2) is 0 Å². The molecule has 0 amide bonds. The standard InChI is InChI=1S/C9H14O4/c1-3-8(6(10)11)5-9(8,4-2)7(12)13/h3-5H2,1-2H3,(H,10,11)(H,12,13)/t8-,9-/m1/s1. The number of hydrogen-bond donors (Lipinski definition) is 2. The largest absolute Gasteiger partial charge is 0.481 e. The molecule has 1 saturated carbocycles. The van der Waals surface area contributed by atoms with Gasteiger partial charge in [0, 0.05) is 0 Å². The van der Waals surface area contributed by atoms with E-state index < -0.39 is 22.8 Å². The summed E-state index contributed by atoms with van der Waals surface area (Å²) >= 11 is 0. The highest BCUT2D eigenvalue weighted by atomic mass is 16.4. The Kier molecular flexibility index (Phi) is 2.10. The molecule has 0 aromatic heterocycles. The van der Waals surface area contributed by atoms with Crippen LogP contribution in [0.1, 0.15) is 33.1 Å². The van der Waals surface area contributed by atoms with Crippen LogP contribution in [0.4, 0.5) is 0 Å².